The number of nitrogens with two attached hydrogens (primary N) is 1. The molecule has 0 saturated carbocycles. The summed E-state index contributed by atoms with van der Waals surface area (Å²) in [6, 6.07) is 8.70. The first-order valence-electron chi connectivity index (χ1n) is 5.91. The summed E-state index contributed by atoms with van der Waals surface area (Å²) in [5.74, 6) is -2.16. The fraction of sp³-hybridized carbons (Fsp3) is 0.0714. The number of Topliss-reactive ketones (excluding diaryl/α,β-unsaturated/α-hetero) is 1. The number of amides is 3. The molecule has 0 aliphatic carbocycles. The Morgan fingerprint density at radius 3 is 2.55 bits per heavy atom. The van der Waals surface area contributed by atoms with Gasteiger partial charge in [-0.25, -0.2) is 9.69 Å². The van der Waals surface area contributed by atoms with Gasteiger partial charge in [0.15, 0.2) is 5.76 Å². The predicted molar refractivity (Wildman–Crippen MR) is 69.3 cm³/mol. The summed E-state index contributed by atoms with van der Waals surface area (Å²) in [7, 11) is 0. The molecule has 0 fully saturated rings. The lowest BCUT2D eigenvalue weighted by atomic mass is 9.95. The van der Waals surface area contributed by atoms with Crippen molar-refractivity contribution < 1.29 is 18.8 Å². The maximum atomic E-state index is 12.4. The third kappa shape index (κ3) is 1.62. The predicted octanol–water partition coefficient (Wildman–Crippen LogP) is 1.67. The van der Waals surface area contributed by atoms with Crippen molar-refractivity contribution >= 4 is 23.4 Å². The van der Waals surface area contributed by atoms with E-state index in [0.29, 0.717) is 11.3 Å². The fourth-order valence-corrected chi connectivity index (χ4v) is 2.36. The first kappa shape index (κ1) is 12.2. The van der Waals surface area contributed by atoms with Crippen LogP contribution in [0.25, 0.3) is 0 Å². The summed E-state index contributed by atoms with van der Waals surface area (Å²) in [5.41, 5.74) is 6.01. The van der Waals surface area contributed by atoms with E-state index >= 15 is 0 Å². The number of rotatable bonds is 2. The highest BCUT2D eigenvalue weighted by atomic mass is 16.3. The summed E-state index contributed by atoms with van der Waals surface area (Å²) >= 11 is 0. The van der Waals surface area contributed by atoms with Crippen molar-refractivity contribution in [3.05, 3.63) is 54.0 Å². The number of hydrogen-bond acceptors (Lipinski definition) is 4. The van der Waals surface area contributed by atoms with Crippen LogP contribution < -0.4 is 10.6 Å². The maximum Gasteiger partial charge on any atom is 0.326 e. The van der Waals surface area contributed by atoms with Crippen LogP contribution in [0.4, 0.5) is 10.5 Å². The van der Waals surface area contributed by atoms with E-state index in [1.165, 1.54) is 12.3 Å². The van der Waals surface area contributed by atoms with Crippen molar-refractivity contribution in [1.82, 2.24) is 0 Å². The molecule has 3 amide bonds. The number of ketones is 1. The van der Waals surface area contributed by atoms with Crippen LogP contribution in [-0.2, 0) is 4.79 Å². The standard InChI is InChI=1S/C14H10N2O4/c15-14(19)16-9-5-2-1-4-8(9)11(13(16)18)12(17)10-6-3-7-20-10/h1-7,11H,(H2,15,19). The SMILES string of the molecule is NC(=O)N1C(=O)C(C(=O)c2ccco2)c2ccccc21. The normalized spacial score (nSPS) is 17.1. The topological polar surface area (TPSA) is 93.6 Å². The average molecular weight is 270 g/mol. The van der Waals surface area contributed by atoms with E-state index in [4.69, 9.17) is 10.2 Å². The van der Waals surface area contributed by atoms with Gasteiger partial charge in [-0.2, -0.15) is 0 Å². The molecule has 6 nitrogen and oxygen atoms in total. The van der Waals surface area contributed by atoms with Crippen molar-refractivity contribution in [3.8, 4) is 0 Å². The van der Waals surface area contributed by atoms with Crippen molar-refractivity contribution in [2.45, 2.75) is 5.92 Å². The highest BCUT2D eigenvalue weighted by Crippen LogP contribution is 2.38. The molecule has 1 aromatic heterocycles. The number of carbonyl (C=O) groups is 3. The largest absolute Gasteiger partial charge is 0.461 e. The Balaban J connectivity index is 2.11. The van der Waals surface area contributed by atoms with E-state index < -0.39 is 23.6 Å². The molecule has 2 heterocycles. The molecular weight excluding hydrogens is 260 g/mol. The molecule has 1 aromatic carbocycles. The first-order chi connectivity index (χ1) is 9.61. The Labute approximate surface area is 113 Å². The zero-order valence-corrected chi connectivity index (χ0v) is 10.3. The average Bonchev–Trinajstić information content (AvgIpc) is 3.02. The van der Waals surface area contributed by atoms with E-state index in [1.807, 2.05) is 0 Å². The molecule has 0 spiro atoms. The first-order valence-corrected chi connectivity index (χ1v) is 5.91. The monoisotopic (exact) mass is 270 g/mol. The molecule has 0 bridgehead atoms. The van der Waals surface area contributed by atoms with Gasteiger partial charge in [-0.3, -0.25) is 9.59 Å². The summed E-state index contributed by atoms with van der Waals surface area (Å²) in [6.45, 7) is 0. The molecule has 1 aliphatic rings. The summed E-state index contributed by atoms with van der Waals surface area (Å²) in [6.07, 6.45) is 1.35. The van der Waals surface area contributed by atoms with Crippen LogP contribution in [0.3, 0.4) is 0 Å². The van der Waals surface area contributed by atoms with Gasteiger partial charge >= 0.3 is 6.03 Å². The Kier molecular flexibility index (Phi) is 2.64. The van der Waals surface area contributed by atoms with Gasteiger partial charge in [0.05, 0.1) is 12.0 Å². The zero-order valence-electron chi connectivity index (χ0n) is 10.3. The Morgan fingerprint density at radius 2 is 1.90 bits per heavy atom. The van der Waals surface area contributed by atoms with Crippen LogP contribution in [0.2, 0.25) is 0 Å². The molecular formula is C14H10N2O4. The second-order valence-electron chi connectivity index (χ2n) is 4.35. The van der Waals surface area contributed by atoms with Crippen LogP contribution in [0, 0.1) is 0 Å². The number of imide groups is 1. The lowest BCUT2D eigenvalue weighted by molar-refractivity contribution is -0.117. The van der Waals surface area contributed by atoms with E-state index in [-0.39, 0.29) is 5.76 Å². The molecule has 20 heavy (non-hydrogen) atoms. The molecule has 2 N–H and O–H groups in total. The van der Waals surface area contributed by atoms with Crippen LogP contribution in [0.15, 0.2) is 47.1 Å². The number of hydrogen-bond donors (Lipinski definition) is 1. The molecule has 3 rings (SSSR count). The van der Waals surface area contributed by atoms with Crippen LogP contribution in [0.1, 0.15) is 22.0 Å². The summed E-state index contributed by atoms with van der Waals surface area (Å²) in [4.78, 5) is 36.9. The number of primary amides is 1. The van der Waals surface area contributed by atoms with Crippen LogP contribution in [-0.4, -0.2) is 17.7 Å². The number of nitrogens with zero attached hydrogens (tertiary/aromatic N) is 1. The molecule has 0 saturated heterocycles. The second kappa shape index (κ2) is 4.34. The number of urea groups is 1. The maximum absolute atomic E-state index is 12.4. The molecule has 100 valence electrons. The van der Waals surface area contributed by atoms with E-state index in [9.17, 15) is 14.4 Å². The van der Waals surface area contributed by atoms with Gasteiger partial charge in [0.25, 0.3) is 5.91 Å². The minimum atomic E-state index is -1.09. The zero-order chi connectivity index (χ0) is 14.3. The minimum absolute atomic E-state index is 0.0736. The van der Waals surface area contributed by atoms with Crippen molar-refractivity contribution in [2.75, 3.05) is 4.90 Å². The van der Waals surface area contributed by atoms with Gasteiger partial charge in [0.2, 0.25) is 5.78 Å². The smallest absolute Gasteiger partial charge is 0.326 e. The van der Waals surface area contributed by atoms with Crippen LogP contribution >= 0.6 is 0 Å². The van der Waals surface area contributed by atoms with Gasteiger partial charge in [-0.15, -0.1) is 0 Å². The number of anilines is 1. The Hall–Kier alpha value is -2.89. The Morgan fingerprint density at radius 1 is 1.15 bits per heavy atom. The molecule has 6 heteroatoms. The van der Waals surface area contributed by atoms with Crippen molar-refractivity contribution in [3.63, 3.8) is 0 Å². The molecule has 1 aliphatic heterocycles. The van der Waals surface area contributed by atoms with E-state index in [0.717, 1.165) is 4.90 Å². The lowest BCUT2D eigenvalue weighted by Crippen LogP contribution is -2.40. The highest BCUT2D eigenvalue weighted by molar-refractivity contribution is 6.29. The van der Waals surface area contributed by atoms with Gasteiger partial charge < -0.3 is 10.2 Å². The van der Waals surface area contributed by atoms with Crippen LogP contribution in [0.5, 0.6) is 0 Å². The van der Waals surface area contributed by atoms with Crippen molar-refractivity contribution in [2.24, 2.45) is 5.73 Å². The van der Waals surface area contributed by atoms with Gasteiger partial charge in [-0.05, 0) is 23.8 Å². The number of fused-ring (bicyclic) bond motifs is 1. The third-order valence-corrected chi connectivity index (χ3v) is 3.20. The number of furan rings is 1. The van der Waals surface area contributed by atoms with Gasteiger partial charge in [-0.1, -0.05) is 18.2 Å². The molecule has 2 aromatic rings. The third-order valence-electron chi connectivity index (χ3n) is 3.20. The minimum Gasteiger partial charge on any atom is -0.461 e. The number of para-hydroxylation sites is 1. The Bertz CT molecular complexity index is 706. The lowest BCUT2D eigenvalue weighted by Gasteiger charge is -2.11. The fourth-order valence-electron chi connectivity index (χ4n) is 2.36. The summed E-state index contributed by atoms with van der Waals surface area (Å²) < 4.78 is 5.03. The number of benzene rings is 1. The van der Waals surface area contributed by atoms with E-state index in [2.05, 4.69) is 0 Å². The van der Waals surface area contributed by atoms with Crippen molar-refractivity contribution in [1.29, 1.82) is 0 Å². The molecule has 1 atom stereocenters. The molecule has 0 radical (unpaired) electrons. The quantitative estimate of drug-likeness (QED) is 0.663. The number of carbonyl (C=O) groups excluding carboxylic acids is 3. The molecule has 1 unspecified atom stereocenters. The highest BCUT2D eigenvalue weighted by Gasteiger charge is 2.44. The second-order valence-corrected chi connectivity index (χ2v) is 4.35. The van der Waals surface area contributed by atoms with E-state index in [1.54, 1.807) is 30.3 Å². The van der Waals surface area contributed by atoms with Gasteiger partial charge in [0, 0.05) is 0 Å². The summed E-state index contributed by atoms with van der Waals surface area (Å²) in [5, 5.41) is 0. The van der Waals surface area contributed by atoms with Gasteiger partial charge in [0.1, 0.15) is 5.92 Å².